The van der Waals surface area contributed by atoms with Crippen molar-refractivity contribution < 1.29 is 9.05 Å². The number of piperidine rings is 1. The van der Waals surface area contributed by atoms with E-state index in [1.54, 1.807) is 0 Å². The zero-order chi connectivity index (χ0) is 16.4. The third-order valence-electron chi connectivity index (χ3n) is 4.47. The fourth-order valence-corrected chi connectivity index (χ4v) is 3.15. The maximum Gasteiger partial charge on any atom is 0.230 e. The van der Waals surface area contributed by atoms with Crippen molar-refractivity contribution >= 4 is 0 Å². The first-order chi connectivity index (χ1) is 11.8. The lowest BCUT2D eigenvalue weighted by molar-refractivity contribution is 0.171. The van der Waals surface area contributed by atoms with Crippen LogP contribution in [0.15, 0.2) is 45.4 Å². The Labute approximate surface area is 140 Å². The van der Waals surface area contributed by atoms with Gasteiger partial charge in [-0.3, -0.25) is 4.90 Å². The summed E-state index contributed by atoms with van der Waals surface area (Å²) in [6, 6.07) is 11.9. The molecule has 0 N–H and O–H groups in total. The highest BCUT2D eigenvalue weighted by Gasteiger charge is 2.26. The molecule has 6 heteroatoms. The normalized spacial score (nSPS) is 16.5. The summed E-state index contributed by atoms with van der Waals surface area (Å²) in [5.41, 5.74) is 1.92. The highest BCUT2D eigenvalue weighted by molar-refractivity contribution is 5.53. The van der Waals surface area contributed by atoms with E-state index >= 15 is 0 Å². The quantitative estimate of drug-likeness (QED) is 0.732. The van der Waals surface area contributed by atoms with Gasteiger partial charge in [0.2, 0.25) is 11.7 Å². The minimum Gasteiger partial charge on any atom is -0.360 e. The SMILES string of the molecule is Cc1cc(CN2CCC(c3nc(-c4ccccc4)no3)CC2)on1. The number of likely N-dealkylation sites (tertiary alicyclic amines) is 1. The fourth-order valence-electron chi connectivity index (χ4n) is 3.15. The van der Waals surface area contributed by atoms with Crippen molar-refractivity contribution in [1.29, 1.82) is 0 Å². The third kappa shape index (κ3) is 3.23. The average molecular weight is 324 g/mol. The Morgan fingerprint density at radius 3 is 2.58 bits per heavy atom. The molecule has 0 bridgehead atoms. The van der Waals surface area contributed by atoms with Crippen LogP contribution in [0, 0.1) is 6.92 Å². The van der Waals surface area contributed by atoms with E-state index in [0.717, 1.165) is 55.4 Å². The summed E-state index contributed by atoms with van der Waals surface area (Å²) in [6.07, 6.45) is 2.03. The molecule has 124 valence electrons. The minimum atomic E-state index is 0.336. The van der Waals surface area contributed by atoms with E-state index in [1.807, 2.05) is 43.3 Å². The van der Waals surface area contributed by atoms with Gasteiger partial charge in [-0.1, -0.05) is 40.6 Å². The summed E-state index contributed by atoms with van der Waals surface area (Å²) < 4.78 is 10.8. The second-order valence-electron chi connectivity index (χ2n) is 6.31. The molecule has 4 rings (SSSR count). The van der Waals surface area contributed by atoms with Gasteiger partial charge >= 0.3 is 0 Å². The predicted molar refractivity (Wildman–Crippen MR) is 88.2 cm³/mol. The molecular weight excluding hydrogens is 304 g/mol. The van der Waals surface area contributed by atoms with Crippen molar-refractivity contribution in [2.45, 2.75) is 32.2 Å². The zero-order valence-electron chi connectivity index (χ0n) is 13.7. The fraction of sp³-hybridized carbons (Fsp3) is 0.389. The van der Waals surface area contributed by atoms with Crippen LogP contribution in [0.1, 0.15) is 36.1 Å². The predicted octanol–water partition coefficient (Wildman–Crippen LogP) is 3.41. The second kappa shape index (κ2) is 6.57. The van der Waals surface area contributed by atoms with E-state index in [4.69, 9.17) is 9.05 Å². The summed E-state index contributed by atoms with van der Waals surface area (Å²) in [4.78, 5) is 6.97. The van der Waals surface area contributed by atoms with Crippen LogP contribution in [0.2, 0.25) is 0 Å². The Morgan fingerprint density at radius 2 is 1.88 bits per heavy atom. The Hall–Kier alpha value is -2.47. The monoisotopic (exact) mass is 324 g/mol. The van der Waals surface area contributed by atoms with Crippen molar-refractivity contribution in [1.82, 2.24) is 20.2 Å². The highest BCUT2D eigenvalue weighted by Crippen LogP contribution is 2.29. The molecule has 1 aliphatic rings. The van der Waals surface area contributed by atoms with E-state index in [1.165, 1.54) is 0 Å². The van der Waals surface area contributed by atoms with Crippen LogP contribution in [-0.4, -0.2) is 33.3 Å². The Kier molecular flexibility index (Phi) is 4.13. The first kappa shape index (κ1) is 15.1. The molecule has 6 nitrogen and oxygen atoms in total. The molecule has 1 aromatic carbocycles. The number of aryl methyl sites for hydroxylation is 1. The number of rotatable bonds is 4. The van der Waals surface area contributed by atoms with Crippen LogP contribution in [0.4, 0.5) is 0 Å². The maximum absolute atomic E-state index is 5.51. The van der Waals surface area contributed by atoms with Gasteiger partial charge in [-0.15, -0.1) is 0 Å². The van der Waals surface area contributed by atoms with Crippen LogP contribution in [-0.2, 0) is 6.54 Å². The molecule has 2 aromatic heterocycles. The van der Waals surface area contributed by atoms with Gasteiger partial charge in [0.25, 0.3) is 0 Å². The van der Waals surface area contributed by atoms with E-state index in [2.05, 4.69) is 20.2 Å². The third-order valence-corrected chi connectivity index (χ3v) is 4.47. The van der Waals surface area contributed by atoms with Crippen molar-refractivity contribution in [3.05, 3.63) is 53.7 Å². The van der Waals surface area contributed by atoms with Crippen LogP contribution in [0.25, 0.3) is 11.4 Å². The zero-order valence-corrected chi connectivity index (χ0v) is 13.7. The summed E-state index contributed by atoms with van der Waals surface area (Å²) in [5, 5.41) is 8.07. The molecule has 3 aromatic rings. The smallest absolute Gasteiger partial charge is 0.230 e. The van der Waals surface area contributed by atoms with Crippen molar-refractivity contribution in [3.8, 4) is 11.4 Å². The van der Waals surface area contributed by atoms with Crippen molar-refractivity contribution in [3.63, 3.8) is 0 Å². The molecule has 0 unspecified atom stereocenters. The number of hydrogen-bond acceptors (Lipinski definition) is 6. The van der Waals surface area contributed by atoms with Gasteiger partial charge in [-0.25, -0.2) is 0 Å². The first-order valence-corrected chi connectivity index (χ1v) is 8.31. The molecule has 24 heavy (non-hydrogen) atoms. The molecule has 0 atom stereocenters. The first-order valence-electron chi connectivity index (χ1n) is 8.31. The van der Waals surface area contributed by atoms with Crippen LogP contribution in [0.5, 0.6) is 0 Å². The number of hydrogen-bond donors (Lipinski definition) is 0. The lowest BCUT2D eigenvalue weighted by atomic mass is 9.96. The average Bonchev–Trinajstić information content (AvgIpc) is 3.26. The minimum absolute atomic E-state index is 0.336. The Balaban J connectivity index is 1.37. The van der Waals surface area contributed by atoms with E-state index in [-0.39, 0.29) is 0 Å². The molecule has 0 radical (unpaired) electrons. The van der Waals surface area contributed by atoms with Gasteiger partial charge in [0.1, 0.15) is 0 Å². The lowest BCUT2D eigenvalue weighted by Crippen LogP contribution is -2.32. The van der Waals surface area contributed by atoms with Crippen LogP contribution < -0.4 is 0 Å². The van der Waals surface area contributed by atoms with Gasteiger partial charge in [-0.2, -0.15) is 4.98 Å². The Bertz CT molecular complexity index is 788. The van der Waals surface area contributed by atoms with E-state index in [0.29, 0.717) is 11.7 Å². The molecule has 0 amide bonds. The van der Waals surface area contributed by atoms with Crippen LogP contribution in [0.3, 0.4) is 0 Å². The van der Waals surface area contributed by atoms with Gasteiger partial charge in [0.15, 0.2) is 5.76 Å². The molecule has 1 fully saturated rings. The van der Waals surface area contributed by atoms with Gasteiger partial charge < -0.3 is 9.05 Å². The molecule has 0 saturated carbocycles. The maximum atomic E-state index is 5.51. The van der Waals surface area contributed by atoms with E-state index in [9.17, 15) is 0 Å². The summed E-state index contributed by atoms with van der Waals surface area (Å²) in [5.74, 6) is 2.69. The Morgan fingerprint density at radius 1 is 1.08 bits per heavy atom. The lowest BCUT2D eigenvalue weighted by Gasteiger charge is -2.29. The van der Waals surface area contributed by atoms with E-state index < -0.39 is 0 Å². The molecule has 0 spiro atoms. The number of nitrogens with zero attached hydrogens (tertiary/aromatic N) is 4. The number of aromatic nitrogens is 3. The van der Waals surface area contributed by atoms with Gasteiger partial charge in [0, 0.05) is 17.5 Å². The molecular formula is C18H20N4O2. The molecule has 1 aliphatic heterocycles. The second-order valence-corrected chi connectivity index (χ2v) is 6.31. The van der Waals surface area contributed by atoms with Crippen molar-refractivity contribution in [2.75, 3.05) is 13.1 Å². The molecule has 0 aliphatic carbocycles. The van der Waals surface area contributed by atoms with Crippen molar-refractivity contribution in [2.24, 2.45) is 0 Å². The highest BCUT2D eigenvalue weighted by atomic mass is 16.5. The molecule has 3 heterocycles. The molecule has 1 saturated heterocycles. The standard InChI is InChI=1S/C18H20N4O2/c1-13-11-16(23-20-13)12-22-9-7-15(8-10-22)18-19-17(21-24-18)14-5-3-2-4-6-14/h2-6,11,15H,7-10,12H2,1H3. The summed E-state index contributed by atoms with van der Waals surface area (Å²) in [6.45, 7) is 4.74. The van der Waals surface area contributed by atoms with Crippen LogP contribution >= 0.6 is 0 Å². The summed E-state index contributed by atoms with van der Waals surface area (Å²) in [7, 11) is 0. The summed E-state index contributed by atoms with van der Waals surface area (Å²) >= 11 is 0. The van der Waals surface area contributed by atoms with Gasteiger partial charge in [0.05, 0.1) is 12.2 Å². The number of benzene rings is 1. The topological polar surface area (TPSA) is 68.2 Å². The van der Waals surface area contributed by atoms with Gasteiger partial charge in [-0.05, 0) is 32.9 Å². The largest absolute Gasteiger partial charge is 0.360 e.